The summed E-state index contributed by atoms with van der Waals surface area (Å²) in [5.41, 5.74) is 0. The lowest BCUT2D eigenvalue weighted by molar-refractivity contribution is -0.127. The maximum Gasteiger partial charge on any atom is 0.323 e. The number of aromatic nitrogens is 1. The number of nitrogens with zero attached hydrogens (tertiary/aromatic N) is 2. The van der Waals surface area contributed by atoms with Gasteiger partial charge in [0.25, 0.3) is 0 Å². The van der Waals surface area contributed by atoms with Crippen molar-refractivity contribution in [2.45, 2.75) is 39.7 Å². The van der Waals surface area contributed by atoms with Crippen LogP contribution < -0.4 is 10.6 Å². The molecular formula is C17H26N4O2. The lowest BCUT2D eigenvalue weighted by Crippen LogP contribution is -2.46. The first-order chi connectivity index (χ1) is 11.0. The standard InChI is InChI=1S/C17H26N4O2/c1-12(2)13(3)19-16(22)14-7-10-21(11-8-14)17(23)20-15-6-4-5-9-18-15/h4-6,9,12-14H,7-8,10-11H2,1-3H3,(H,19,22)(H,18,20,23). The highest BCUT2D eigenvalue weighted by Gasteiger charge is 2.28. The van der Waals surface area contributed by atoms with Gasteiger partial charge < -0.3 is 10.2 Å². The van der Waals surface area contributed by atoms with Gasteiger partial charge in [-0.2, -0.15) is 0 Å². The number of amides is 3. The molecule has 1 unspecified atom stereocenters. The summed E-state index contributed by atoms with van der Waals surface area (Å²) in [6.07, 6.45) is 3.04. The molecule has 2 N–H and O–H groups in total. The summed E-state index contributed by atoms with van der Waals surface area (Å²) in [4.78, 5) is 30.2. The van der Waals surface area contributed by atoms with Crippen LogP contribution in [0.1, 0.15) is 33.6 Å². The third-order valence-corrected chi connectivity index (χ3v) is 4.42. The van der Waals surface area contributed by atoms with Crippen molar-refractivity contribution < 1.29 is 9.59 Å². The molecule has 23 heavy (non-hydrogen) atoms. The van der Waals surface area contributed by atoms with Crippen molar-refractivity contribution in [3.63, 3.8) is 0 Å². The highest BCUT2D eigenvalue weighted by Crippen LogP contribution is 2.19. The lowest BCUT2D eigenvalue weighted by Gasteiger charge is -2.32. The number of hydrogen-bond acceptors (Lipinski definition) is 3. The van der Waals surface area contributed by atoms with E-state index < -0.39 is 0 Å². The summed E-state index contributed by atoms with van der Waals surface area (Å²) in [5.74, 6) is 1.07. The van der Waals surface area contributed by atoms with Gasteiger partial charge in [0, 0.05) is 31.2 Å². The van der Waals surface area contributed by atoms with Crippen LogP contribution in [0.5, 0.6) is 0 Å². The normalized spacial score (nSPS) is 17.0. The first-order valence-corrected chi connectivity index (χ1v) is 8.24. The highest BCUT2D eigenvalue weighted by atomic mass is 16.2. The van der Waals surface area contributed by atoms with Crippen LogP contribution in [0.15, 0.2) is 24.4 Å². The monoisotopic (exact) mass is 318 g/mol. The molecule has 0 aromatic carbocycles. The van der Waals surface area contributed by atoms with Crippen molar-refractivity contribution in [2.75, 3.05) is 18.4 Å². The molecule has 6 nitrogen and oxygen atoms in total. The topological polar surface area (TPSA) is 74.3 Å². The van der Waals surface area contributed by atoms with E-state index in [0.29, 0.717) is 37.7 Å². The Morgan fingerprint density at radius 3 is 2.48 bits per heavy atom. The number of rotatable bonds is 4. The summed E-state index contributed by atoms with van der Waals surface area (Å²) < 4.78 is 0. The molecule has 0 saturated carbocycles. The second-order valence-corrected chi connectivity index (χ2v) is 6.45. The zero-order valence-electron chi connectivity index (χ0n) is 14.1. The molecule has 0 radical (unpaired) electrons. The van der Waals surface area contributed by atoms with E-state index in [2.05, 4.69) is 29.5 Å². The van der Waals surface area contributed by atoms with Crippen molar-refractivity contribution in [3.05, 3.63) is 24.4 Å². The molecule has 6 heteroatoms. The largest absolute Gasteiger partial charge is 0.353 e. The molecule has 1 atom stereocenters. The third-order valence-electron chi connectivity index (χ3n) is 4.42. The second-order valence-electron chi connectivity index (χ2n) is 6.45. The molecule has 1 fully saturated rings. The Morgan fingerprint density at radius 1 is 1.22 bits per heavy atom. The third kappa shape index (κ3) is 4.94. The number of nitrogens with one attached hydrogen (secondary N) is 2. The number of urea groups is 1. The molecule has 0 spiro atoms. The lowest BCUT2D eigenvalue weighted by atomic mass is 9.95. The summed E-state index contributed by atoms with van der Waals surface area (Å²) in [6, 6.07) is 5.41. The van der Waals surface area contributed by atoms with Gasteiger partial charge in [-0.1, -0.05) is 19.9 Å². The zero-order valence-corrected chi connectivity index (χ0v) is 14.1. The van der Waals surface area contributed by atoms with Gasteiger partial charge in [0.15, 0.2) is 0 Å². The van der Waals surface area contributed by atoms with Gasteiger partial charge in [-0.3, -0.25) is 10.1 Å². The number of piperidine rings is 1. The maximum absolute atomic E-state index is 12.2. The number of likely N-dealkylation sites (tertiary alicyclic amines) is 1. The van der Waals surface area contributed by atoms with Crippen LogP contribution in [-0.4, -0.2) is 41.0 Å². The fourth-order valence-electron chi connectivity index (χ4n) is 2.48. The zero-order chi connectivity index (χ0) is 16.8. The minimum absolute atomic E-state index is 0.00454. The summed E-state index contributed by atoms with van der Waals surface area (Å²) in [6.45, 7) is 7.39. The van der Waals surface area contributed by atoms with Gasteiger partial charge in [0.2, 0.25) is 5.91 Å². The van der Waals surface area contributed by atoms with Crippen LogP contribution in [0.2, 0.25) is 0 Å². The van der Waals surface area contributed by atoms with Crippen LogP contribution >= 0.6 is 0 Å². The summed E-state index contributed by atoms with van der Waals surface area (Å²) in [5, 5.41) is 5.84. The molecule has 2 heterocycles. The quantitative estimate of drug-likeness (QED) is 0.895. The number of hydrogen-bond donors (Lipinski definition) is 2. The molecule has 3 amide bonds. The van der Waals surface area contributed by atoms with Crippen molar-refractivity contribution in [1.82, 2.24) is 15.2 Å². The summed E-state index contributed by atoms with van der Waals surface area (Å²) >= 11 is 0. The number of anilines is 1. The van der Waals surface area contributed by atoms with E-state index in [1.165, 1.54) is 0 Å². The van der Waals surface area contributed by atoms with Crippen LogP contribution in [0, 0.1) is 11.8 Å². The smallest absolute Gasteiger partial charge is 0.323 e. The fourth-order valence-corrected chi connectivity index (χ4v) is 2.48. The van der Waals surface area contributed by atoms with E-state index in [1.54, 1.807) is 23.2 Å². The van der Waals surface area contributed by atoms with Crippen molar-refractivity contribution in [2.24, 2.45) is 11.8 Å². The molecule has 2 rings (SSSR count). The molecule has 1 aromatic heterocycles. The SMILES string of the molecule is CC(C)C(C)NC(=O)C1CCN(C(=O)Nc2ccccn2)CC1. The Bertz CT molecular complexity index is 525. The van der Waals surface area contributed by atoms with Gasteiger partial charge in [-0.25, -0.2) is 9.78 Å². The van der Waals surface area contributed by atoms with Gasteiger partial charge >= 0.3 is 6.03 Å². The fraction of sp³-hybridized carbons (Fsp3) is 0.588. The Hall–Kier alpha value is -2.11. The number of carbonyl (C=O) groups excluding carboxylic acids is 2. The van der Waals surface area contributed by atoms with Crippen molar-refractivity contribution in [1.29, 1.82) is 0 Å². The highest BCUT2D eigenvalue weighted by molar-refractivity contribution is 5.88. The molecule has 0 bridgehead atoms. The van der Waals surface area contributed by atoms with Crippen molar-refractivity contribution in [3.8, 4) is 0 Å². The molecule has 1 aliphatic rings. The minimum atomic E-state index is -0.155. The Kier molecular flexibility index (Phi) is 5.96. The van der Waals surface area contributed by atoms with Crippen LogP contribution in [0.25, 0.3) is 0 Å². The van der Waals surface area contributed by atoms with Gasteiger partial charge in [-0.15, -0.1) is 0 Å². The first-order valence-electron chi connectivity index (χ1n) is 8.24. The van der Waals surface area contributed by atoms with Crippen LogP contribution in [-0.2, 0) is 4.79 Å². The predicted molar refractivity (Wildman–Crippen MR) is 90.0 cm³/mol. The molecule has 126 valence electrons. The number of pyridine rings is 1. The molecule has 1 saturated heterocycles. The Balaban J connectivity index is 1.79. The molecule has 1 aliphatic heterocycles. The van der Waals surface area contributed by atoms with E-state index in [4.69, 9.17) is 0 Å². The van der Waals surface area contributed by atoms with Crippen molar-refractivity contribution >= 4 is 17.8 Å². The predicted octanol–water partition coefficient (Wildman–Crippen LogP) is 2.49. The molecular weight excluding hydrogens is 292 g/mol. The van der Waals surface area contributed by atoms with Gasteiger partial charge in [-0.05, 0) is 37.8 Å². The molecule has 1 aromatic rings. The molecule has 0 aliphatic carbocycles. The van der Waals surface area contributed by atoms with E-state index >= 15 is 0 Å². The van der Waals surface area contributed by atoms with Crippen LogP contribution in [0.3, 0.4) is 0 Å². The Labute approximate surface area is 137 Å². The van der Waals surface area contributed by atoms with E-state index in [0.717, 1.165) is 0 Å². The van der Waals surface area contributed by atoms with E-state index in [9.17, 15) is 9.59 Å². The van der Waals surface area contributed by atoms with Gasteiger partial charge in [0.1, 0.15) is 5.82 Å². The van der Waals surface area contributed by atoms with E-state index in [-0.39, 0.29) is 23.9 Å². The summed E-state index contributed by atoms with van der Waals surface area (Å²) in [7, 11) is 0. The van der Waals surface area contributed by atoms with Gasteiger partial charge in [0.05, 0.1) is 0 Å². The average Bonchev–Trinajstić information content (AvgIpc) is 2.55. The average molecular weight is 318 g/mol. The van der Waals surface area contributed by atoms with E-state index in [1.807, 2.05) is 13.0 Å². The maximum atomic E-state index is 12.2. The second kappa shape index (κ2) is 7.94. The number of carbonyl (C=O) groups is 2. The minimum Gasteiger partial charge on any atom is -0.353 e. The van der Waals surface area contributed by atoms with Crippen LogP contribution in [0.4, 0.5) is 10.6 Å². The first kappa shape index (κ1) is 17.2. The Morgan fingerprint density at radius 2 is 1.91 bits per heavy atom.